The van der Waals surface area contributed by atoms with Gasteiger partial charge in [-0.05, 0) is 26.2 Å². The molecular formula is C13H21N3O3S. The summed E-state index contributed by atoms with van der Waals surface area (Å²) >= 11 is 0. The maximum Gasteiger partial charge on any atom is 0.282 e. The summed E-state index contributed by atoms with van der Waals surface area (Å²) in [6.45, 7) is 5.35. The molecule has 0 amide bonds. The molecule has 0 spiro atoms. The number of oxazole rings is 1. The normalized spacial score (nSPS) is 24.1. The van der Waals surface area contributed by atoms with E-state index in [0.717, 1.165) is 31.4 Å². The van der Waals surface area contributed by atoms with Gasteiger partial charge in [-0.25, -0.2) is 4.98 Å². The van der Waals surface area contributed by atoms with Crippen LogP contribution in [0.2, 0.25) is 0 Å². The molecule has 0 aromatic carbocycles. The molecular weight excluding hydrogens is 278 g/mol. The lowest BCUT2D eigenvalue weighted by Crippen LogP contribution is -2.50. The summed E-state index contributed by atoms with van der Waals surface area (Å²) in [6, 6.07) is 0.227. The van der Waals surface area contributed by atoms with Gasteiger partial charge in [-0.15, -0.1) is 0 Å². The Bertz CT molecular complexity index is 592. The minimum atomic E-state index is -3.33. The molecule has 1 aromatic rings. The average Bonchev–Trinajstić information content (AvgIpc) is 3.17. The van der Waals surface area contributed by atoms with Gasteiger partial charge >= 0.3 is 0 Å². The van der Waals surface area contributed by atoms with Crippen molar-refractivity contribution < 1.29 is 12.8 Å². The van der Waals surface area contributed by atoms with Gasteiger partial charge < -0.3 is 4.42 Å². The second kappa shape index (κ2) is 5.13. The number of aromatic nitrogens is 1. The molecule has 7 heteroatoms. The van der Waals surface area contributed by atoms with Crippen LogP contribution in [0, 0.1) is 6.92 Å². The Kier molecular flexibility index (Phi) is 3.60. The molecule has 2 fully saturated rings. The van der Waals surface area contributed by atoms with E-state index < -0.39 is 10.2 Å². The van der Waals surface area contributed by atoms with E-state index in [4.69, 9.17) is 4.42 Å². The highest BCUT2D eigenvalue weighted by atomic mass is 32.2. The van der Waals surface area contributed by atoms with Crippen LogP contribution in [0.3, 0.4) is 0 Å². The fourth-order valence-electron chi connectivity index (χ4n) is 2.62. The van der Waals surface area contributed by atoms with E-state index in [-0.39, 0.29) is 6.04 Å². The number of hydrogen-bond acceptors (Lipinski definition) is 4. The lowest BCUT2D eigenvalue weighted by atomic mass is 10.3. The van der Waals surface area contributed by atoms with Crippen molar-refractivity contribution in [1.82, 2.24) is 13.6 Å². The number of hydrogen-bond donors (Lipinski definition) is 0. The van der Waals surface area contributed by atoms with Crippen LogP contribution in [0.5, 0.6) is 0 Å². The van der Waals surface area contributed by atoms with Crippen molar-refractivity contribution in [3.8, 4) is 0 Å². The average molecular weight is 299 g/mol. The zero-order chi connectivity index (χ0) is 14.3. The van der Waals surface area contributed by atoms with E-state index in [1.54, 1.807) is 4.31 Å². The molecule has 0 N–H and O–H groups in total. The predicted molar refractivity (Wildman–Crippen MR) is 74.3 cm³/mol. The molecule has 1 aliphatic heterocycles. The van der Waals surface area contributed by atoms with Gasteiger partial charge in [0.15, 0.2) is 5.89 Å². The summed E-state index contributed by atoms with van der Waals surface area (Å²) in [5.41, 5.74) is 0.792. The molecule has 6 nitrogen and oxygen atoms in total. The van der Waals surface area contributed by atoms with Crippen molar-refractivity contribution in [1.29, 1.82) is 0 Å². The van der Waals surface area contributed by atoms with Gasteiger partial charge in [-0.3, -0.25) is 0 Å². The minimum Gasteiger partial charge on any atom is -0.444 e. The summed E-state index contributed by atoms with van der Waals surface area (Å²) < 4.78 is 34.0. The smallest absolute Gasteiger partial charge is 0.282 e. The van der Waals surface area contributed by atoms with Gasteiger partial charge in [0.2, 0.25) is 0 Å². The molecule has 2 aliphatic rings. The quantitative estimate of drug-likeness (QED) is 0.844. The molecule has 1 aliphatic carbocycles. The van der Waals surface area contributed by atoms with Crippen LogP contribution in [0.15, 0.2) is 4.42 Å². The first-order valence-corrected chi connectivity index (χ1v) is 8.64. The van der Waals surface area contributed by atoms with Gasteiger partial charge in [-0.2, -0.15) is 17.0 Å². The standard InChI is InChI=1S/C13H21N3O3S/c1-3-13-14-10(2)12(19-13)9-15-7-4-8-16(11-5-6-11)20(15,17)18/h11H,3-9H2,1-2H3. The summed E-state index contributed by atoms with van der Waals surface area (Å²) in [6.07, 6.45) is 3.59. The Labute approximate surface area is 119 Å². The summed E-state index contributed by atoms with van der Waals surface area (Å²) in [7, 11) is -3.33. The highest BCUT2D eigenvalue weighted by Crippen LogP contribution is 2.33. The van der Waals surface area contributed by atoms with E-state index in [0.29, 0.717) is 31.3 Å². The molecule has 1 saturated carbocycles. The monoisotopic (exact) mass is 299 g/mol. The molecule has 3 rings (SSSR count). The van der Waals surface area contributed by atoms with E-state index >= 15 is 0 Å². The third-order valence-electron chi connectivity index (χ3n) is 3.92. The fourth-order valence-corrected chi connectivity index (χ4v) is 4.51. The second-order valence-corrected chi connectivity index (χ2v) is 7.39. The van der Waals surface area contributed by atoms with Crippen LogP contribution in [0.4, 0.5) is 0 Å². The SMILES string of the molecule is CCc1nc(C)c(CN2CCCN(C3CC3)S2(=O)=O)o1. The van der Waals surface area contributed by atoms with Crippen molar-refractivity contribution in [3.05, 3.63) is 17.3 Å². The van der Waals surface area contributed by atoms with E-state index in [1.165, 1.54) is 4.31 Å². The van der Waals surface area contributed by atoms with Crippen LogP contribution >= 0.6 is 0 Å². The third kappa shape index (κ3) is 2.49. The molecule has 0 bridgehead atoms. The highest BCUT2D eigenvalue weighted by molar-refractivity contribution is 7.86. The molecule has 20 heavy (non-hydrogen) atoms. The largest absolute Gasteiger partial charge is 0.444 e. The first-order chi connectivity index (χ1) is 9.52. The molecule has 0 atom stereocenters. The van der Waals surface area contributed by atoms with Crippen molar-refractivity contribution in [3.63, 3.8) is 0 Å². The van der Waals surface area contributed by atoms with Crippen molar-refractivity contribution in [2.45, 2.75) is 52.1 Å². The van der Waals surface area contributed by atoms with Gasteiger partial charge in [-0.1, -0.05) is 6.92 Å². The van der Waals surface area contributed by atoms with E-state index in [2.05, 4.69) is 4.98 Å². The molecule has 2 heterocycles. The number of rotatable bonds is 4. The molecule has 0 unspecified atom stereocenters. The van der Waals surface area contributed by atoms with Crippen molar-refractivity contribution in [2.75, 3.05) is 13.1 Å². The molecule has 1 aromatic heterocycles. The van der Waals surface area contributed by atoms with E-state index in [9.17, 15) is 8.42 Å². The minimum absolute atomic E-state index is 0.227. The molecule has 1 saturated heterocycles. The van der Waals surface area contributed by atoms with Gasteiger partial charge in [0, 0.05) is 25.6 Å². The number of aryl methyl sites for hydroxylation is 2. The first kappa shape index (κ1) is 14.0. The van der Waals surface area contributed by atoms with Crippen molar-refractivity contribution in [2.24, 2.45) is 0 Å². The van der Waals surface area contributed by atoms with Gasteiger partial charge in [0.25, 0.3) is 10.2 Å². The first-order valence-electron chi connectivity index (χ1n) is 7.24. The summed E-state index contributed by atoms with van der Waals surface area (Å²) in [5, 5.41) is 0. The van der Waals surface area contributed by atoms with Crippen LogP contribution in [0.1, 0.15) is 43.5 Å². The maximum atomic E-state index is 12.6. The van der Waals surface area contributed by atoms with Crippen LogP contribution < -0.4 is 0 Å². The predicted octanol–water partition coefficient (Wildman–Crippen LogP) is 1.46. The summed E-state index contributed by atoms with van der Waals surface area (Å²) in [4.78, 5) is 4.31. The Balaban J connectivity index is 1.80. The Morgan fingerprint density at radius 1 is 1.35 bits per heavy atom. The third-order valence-corrected chi connectivity index (χ3v) is 5.96. The Morgan fingerprint density at radius 2 is 2.10 bits per heavy atom. The fraction of sp³-hybridized carbons (Fsp3) is 0.769. The lowest BCUT2D eigenvalue weighted by molar-refractivity contribution is 0.261. The van der Waals surface area contributed by atoms with Gasteiger partial charge in [0.1, 0.15) is 5.76 Å². The second-order valence-electron chi connectivity index (χ2n) is 5.51. The number of nitrogens with zero attached hydrogens (tertiary/aromatic N) is 3. The molecule has 0 radical (unpaired) electrons. The molecule has 112 valence electrons. The Morgan fingerprint density at radius 3 is 2.70 bits per heavy atom. The topological polar surface area (TPSA) is 66.7 Å². The van der Waals surface area contributed by atoms with Crippen LogP contribution in [-0.2, 0) is 23.2 Å². The zero-order valence-corrected chi connectivity index (χ0v) is 12.8. The highest BCUT2D eigenvalue weighted by Gasteiger charge is 2.42. The summed E-state index contributed by atoms with van der Waals surface area (Å²) in [5.74, 6) is 1.34. The van der Waals surface area contributed by atoms with Gasteiger partial charge in [0.05, 0.1) is 12.2 Å². The van der Waals surface area contributed by atoms with Crippen molar-refractivity contribution >= 4 is 10.2 Å². The van der Waals surface area contributed by atoms with E-state index in [1.807, 2.05) is 13.8 Å². The Hall–Kier alpha value is -0.920. The lowest BCUT2D eigenvalue weighted by Gasteiger charge is -2.34. The zero-order valence-electron chi connectivity index (χ0n) is 12.0. The van der Waals surface area contributed by atoms with Crippen LogP contribution in [0.25, 0.3) is 0 Å². The maximum absolute atomic E-state index is 12.6. The van der Waals surface area contributed by atoms with Crippen LogP contribution in [-0.4, -0.2) is 41.1 Å².